The molecule has 29 heavy (non-hydrogen) atoms. The summed E-state index contributed by atoms with van der Waals surface area (Å²) in [6.45, 7) is 9.55. The molecule has 1 aromatic rings. The molecule has 2 fully saturated rings. The van der Waals surface area contributed by atoms with Crippen LogP contribution in [0, 0.1) is 5.92 Å². The number of ether oxygens (including phenoxy) is 1. The summed E-state index contributed by atoms with van der Waals surface area (Å²) in [6, 6.07) is 10.6. The maximum Gasteiger partial charge on any atom is 0.223 e. The second-order valence-corrected chi connectivity index (χ2v) is 8.00. The van der Waals surface area contributed by atoms with Crippen LogP contribution in [0.15, 0.2) is 30.3 Å². The Hall–Kier alpha value is -0.850. The highest BCUT2D eigenvalue weighted by atomic mass is 35.5. The first kappa shape index (κ1) is 26.2. The number of rotatable bonds is 8. The highest BCUT2D eigenvalue weighted by molar-refractivity contribution is 5.85. The standard InChI is InChI=1S/C22H35N3O2.2ClH/c1-19(17-24-13-15-27-16-14-24)25(18-21-5-3-2-4-6-21)22(26)8-7-20-9-11-23-12-10-20;;/h2-6,19-20,23H,7-18H2,1H3;2*1H. The third kappa shape index (κ3) is 8.81. The van der Waals surface area contributed by atoms with Crippen LogP contribution in [-0.2, 0) is 16.1 Å². The molecule has 166 valence electrons. The molecular weight excluding hydrogens is 409 g/mol. The van der Waals surface area contributed by atoms with Gasteiger partial charge in [-0.15, -0.1) is 24.8 Å². The molecule has 2 aliphatic rings. The molecule has 0 bridgehead atoms. The summed E-state index contributed by atoms with van der Waals surface area (Å²) >= 11 is 0. The van der Waals surface area contributed by atoms with Crippen LogP contribution >= 0.6 is 24.8 Å². The van der Waals surface area contributed by atoms with Crippen molar-refractivity contribution in [1.29, 1.82) is 0 Å². The number of carbonyl (C=O) groups excluding carboxylic acids is 1. The third-order valence-electron chi connectivity index (χ3n) is 5.90. The van der Waals surface area contributed by atoms with Gasteiger partial charge in [0.25, 0.3) is 0 Å². The number of hydrogen-bond donors (Lipinski definition) is 1. The highest BCUT2D eigenvalue weighted by Gasteiger charge is 2.24. The van der Waals surface area contributed by atoms with Gasteiger partial charge in [-0.1, -0.05) is 30.3 Å². The minimum Gasteiger partial charge on any atom is -0.379 e. The molecule has 1 amide bonds. The number of hydrogen-bond acceptors (Lipinski definition) is 4. The summed E-state index contributed by atoms with van der Waals surface area (Å²) < 4.78 is 5.46. The van der Waals surface area contributed by atoms with Gasteiger partial charge in [-0.25, -0.2) is 0 Å². The minimum atomic E-state index is 0. The van der Waals surface area contributed by atoms with Gasteiger partial charge < -0.3 is 15.0 Å². The largest absolute Gasteiger partial charge is 0.379 e. The number of carbonyl (C=O) groups is 1. The zero-order valence-electron chi connectivity index (χ0n) is 17.6. The van der Waals surface area contributed by atoms with E-state index < -0.39 is 0 Å². The molecule has 1 N–H and O–H groups in total. The minimum absolute atomic E-state index is 0. The first-order valence-electron chi connectivity index (χ1n) is 10.6. The Morgan fingerprint density at radius 1 is 1.17 bits per heavy atom. The Morgan fingerprint density at radius 2 is 1.83 bits per heavy atom. The van der Waals surface area contributed by atoms with Crippen molar-refractivity contribution in [2.45, 2.75) is 45.2 Å². The van der Waals surface area contributed by atoms with E-state index in [0.29, 0.717) is 24.8 Å². The van der Waals surface area contributed by atoms with Gasteiger partial charge in [-0.3, -0.25) is 9.69 Å². The van der Waals surface area contributed by atoms with Gasteiger partial charge in [0.2, 0.25) is 5.91 Å². The Balaban J connectivity index is 0.00000210. The van der Waals surface area contributed by atoms with Crippen molar-refractivity contribution in [1.82, 2.24) is 15.1 Å². The first-order valence-corrected chi connectivity index (χ1v) is 10.6. The summed E-state index contributed by atoms with van der Waals surface area (Å²) in [5, 5.41) is 3.41. The fourth-order valence-electron chi connectivity index (χ4n) is 4.17. The van der Waals surface area contributed by atoms with E-state index in [1.807, 2.05) is 6.07 Å². The normalized spacial score (nSPS) is 18.9. The lowest BCUT2D eigenvalue weighted by molar-refractivity contribution is -0.135. The Bertz CT molecular complexity index is 564. The fourth-order valence-corrected chi connectivity index (χ4v) is 4.17. The van der Waals surface area contributed by atoms with Gasteiger partial charge in [0.05, 0.1) is 13.2 Å². The van der Waals surface area contributed by atoms with Crippen molar-refractivity contribution in [2.75, 3.05) is 45.9 Å². The first-order chi connectivity index (χ1) is 13.2. The zero-order valence-corrected chi connectivity index (χ0v) is 19.2. The average Bonchev–Trinajstić information content (AvgIpc) is 2.72. The summed E-state index contributed by atoms with van der Waals surface area (Å²) in [4.78, 5) is 17.7. The summed E-state index contributed by atoms with van der Waals surface area (Å²) in [5.41, 5.74) is 1.21. The molecule has 0 saturated carbocycles. The van der Waals surface area contributed by atoms with Crippen molar-refractivity contribution >= 4 is 30.7 Å². The molecule has 0 aromatic heterocycles. The second kappa shape index (κ2) is 14.2. The van der Waals surface area contributed by atoms with E-state index >= 15 is 0 Å². The lowest BCUT2D eigenvalue weighted by atomic mass is 9.93. The fraction of sp³-hybridized carbons (Fsp3) is 0.682. The number of amides is 1. The predicted molar refractivity (Wildman–Crippen MR) is 123 cm³/mol. The third-order valence-corrected chi connectivity index (χ3v) is 5.90. The van der Waals surface area contributed by atoms with E-state index in [0.717, 1.165) is 52.4 Å². The molecule has 0 radical (unpaired) electrons. The van der Waals surface area contributed by atoms with Crippen LogP contribution < -0.4 is 5.32 Å². The van der Waals surface area contributed by atoms with Gasteiger partial charge in [0.15, 0.2) is 0 Å². The second-order valence-electron chi connectivity index (χ2n) is 8.00. The molecular formula is C22H37Cl2N3O2. The average molecular weight is 446 g/mol. The van der Waals surface area contributed by atoms with E-state index in [9.17, 15) is 4.79 Å². The number of halogens is 2. The van der Waals surface area contributed by atoms with Gasteiger partial charge in [0.1, 0.15) is 0 Å². The van der Waals surface area contributed by atoms with Gasteiger partial charge in [0, 0.05) is 38.6 Å². The van der Waals surface area contributed by atoms with E-state index in [2.05, 4.69) is 46.3 Å². The smallest absolute Gasteiger partial charge is 0.223 e. The molecule has 7 heteroatoms. The maximum absolute atomic E-state index is 13.1. The van der Waals surface area contributed by atoms with Gasteiger partial charge in [-0.2, -0.15) is 0 Å². The van der Waals surface area contributed by atoms with Crippen LogP contribution in [0.3, 0.4) is 0 Å². The zero-order chi connectivity index (χ0) is 18.9. The van der Waals surface area contributed by atoms with Crippen LogP contribution in [0.4, 0.5) is 0 Å². The number of morpholine rings is 1. The van der Waals surface area contributed by atoms with E-state index in [-0.39, 0.29) is 30.9 Å². The van der Waals surface area contributed by atoms with E-state index in [1.165, 1.54) is 18.4 Å². The summed E-state index contributed by atoms with van der Waals surface area (Å²) in [7, 11) is 0. The molecule has 2 heterocycles. The number of piperidine rings is 1. The van der Waals surface area contributed by atoms with Gasteiger partial charge >= 0.3 is 0 Å². The Labute approximate surface area is 188 Å². The number of nitrogens with one attached hydrogen (secondary N) is 1. The summed E-state index contributed by atoms with van der Waals surface area (Å²) in [5.74, 6) is 1.00. The molecule has 5 nitrogen and oxygen atoms in total. The Kier molecular flexibility index (Phi) is 12.8. The van der Waals surface area contributed by atoms with Crippen molar-refractivity contribution < 1.29 is 9.53 Å². The molecule has 1 atom stereocenters. The van der Waals surface area contributed by atoms with E-state index in [4.69, 9.17) is 4.74 Å². The van der Waals surface area contributed by atoms with Crippen molar-refractivity contribution in [3.63, 3.8) is 0 Å². The molecule has 2 aliphatic heterocycles. The number of benzene rings is 1. The van der Waals surface area contributed by atoms with Crippen LogP contribution in [0.25, 0.3) is 0 Å². The highest BCUT2D eigenvalue weighted by Crippen LogP contribution is 2.20. The van der Waals surface area contributed by atoms with Crippen molar-refractivity contribution in [3.8, 4) is 0 Å². The lowest BCUT2D eigenvalue weighted by Crippen LogP contribution is -2.48. The number of nitrogens with zero attached hydrogens (tertiary/aromatic N) is 2. The van der Waals surface area contributed by atoms with Crippen molar-refractivity contribution in [3.05, 3.63) is 35.9 Å². The maximum atomic E-state index is 13.1. The van der Waals surface area contributed by atoms with Crippen LogP contribution in [0.1, 0.15) is 38.2 Å². The van der Waals surface area contributed by atoms with Crippen molar-refractivity contribution in [2.24, 2.45) is 5.92 Å². The Morgan fingerprint density at radius 3 is 2.48 bits per heavy atom. The monoisotopic (exact) mass is 445 g/mol. The molecule has 2 saturated heterocycles. The molecule has 3 rings (SSSR count). The van der Waals surface area contributed by atoms with Gasteiger partial charge in [-0.05, 0) is 50.8 Å². The van der Waals surface area contributed by atoms with Crippen LogP contribution in [0.5, 0.6) is 0 Å². The molecule has 1 unspecified atom stereocenters. The predicted octanol–water partition coefficient (Wildman–Crippen LogP) is 3.36. The topological polar surface area (TPSA) is 44.8 Å². The van der Waals surface area contributed by atoms with Crippen LogP contribution in [0.2, 0.25) is 0 Å². The SMILES string of the molecule is CC(CN1CCOCC1)N(Cc1ccccc1)C(=O)CCC1CCNCC1.Cl.Cl. The lowest BCUT2D eigenvalue weighted by Gasteiger charge is -2.35. The summed E-state index contributed by atoms with van der Waals surface area (Å²) in [6.07, 6.45) is 4.10. The van der Waals surface area contributed by atoms with Crippen LogP contribution in [-0.4, -0.2) is 67.7 Å². The van der Waals surface area contributed by atoms with E-state index in [1.54, 1.807) is 0 Å². The quantitative estimate of drug-likeness (QED) is 0.665. The molecule has 1 aromatic carbocycles. The molecule has 0 spiro atoms. The molecule has 0 aliphatic carbocycles.